The maximum Gasteiger partial charge on any atom is 0.335 e. The molecule has 1 aliphatic carbocycles. The van der Waals surface area contributed by atoms with Crippen molar-refractivity contribution in [3.63, 3.8) is 0 Å². The molecule has 0 radical (unpaired) electrons. The number of nitrogens with one attached hydrogen (secondary N) is 1. The van der Waals surface area contributed by atoms with Crippen molar-refractivity contribution in [3.05, 3.63) is 65.0 Å². The fourth-order valence-electron chi connectivity index (χ4n) is 2.89. The van der Waals surface area contributed by atoms with Crippen LogP contribution in [0.5, 0.6) is 0 Å². The number of aromatic nitrogens is 1. The van der Waals surface area contributed by atoms with Gasteiger partial charge in [-0.2, -0.15) is 0 Å². The number of hydrogen-bond donors (Lipinski definition) is 2. The van der Waals surface area contributed by atoms with E-state index in [0.29, 0.717) is 6.54 Å². The molecule has 0 unspecified atom stereocenters. The summed E-state index contributed by atoms with van der Waals surface area (Å²) >= 11 is 0. The summed E-state index contributed by atoms with van der Waals surface area (Å²) in [6, 6.07) is 10.9. The maximum atomic E-state index is 12.2. The lowest BCUT2D eigenvalue weighted by molar-refractivity contribution is 0.0696. The number of aryl methyl sites for hydroxylation is 1. The van der Waals surface area contributed by atoms with Crippen molar-refractivity contribution in [2.75, 3.05) is 6.54 Å². The maximum absolute atomic E-state index is 12.2. The van der Waals surface area contributed by atoms with E-state index in [4.69, 9.17) is 5.11 Å². The molecule has 2 N–H and O–H groups in total. The highest BCUT2D eigenvalue weighted by Crippen LogP contribution is 2.48. The van der Waals surface area contributed by atoms with Crippen LogP contribution in [-0.4, -0.2) is 28.5 Å². The van der Waals surface area contributed by atoms with Gasteiger partial charge in [-0.15, -0.1) is 0 Å². The average molecular weight is 310 g/mol. The summed E-state index contributed by atoms with van der Waals surface area (Å²) in [5.74, 6) is -1.41. The number of carboxylic acid groups (broad SMARTS) is 1. The van der Waals surface area contributed by atoms with E-state index >= 15 is 0 Å². The van der Waals surface area contributed by atoms with Crippen LogP contribution in [0.1, 0.15) is 44.8 Å². The smallest absolute Gasteiger partial charge is 0.335 e. The first kappa shape index (κ1) is 15.2. The Morgan fingerprint density at radius 3 is 2.65 bits per heavy atom. The van der Waals surface area contributed by atoms with E-state index in [1.54, 1.807) is 0 Å². The monoisotopic (exact) mass is 310 g/mol. The van der Waals surface area contributed by atoms with E-state index in [0.717, 1.165) is 12.8 Å². The Hall–Kier alpha value is -2.69. The van der Waals surface area contributed by atoms with Gasteiger partial charge in [0.15, 0.2) is 0 Å². The number of nitrogens with zero attached hydrogens (tertiary/aromatic N) is 1. The van der Waals surface area contributed by atoms with Gasteiger partial charge in [0, 0.05) is 18.2 Å². The highest BCUT2D eigenvalue weighted by molar-refractivity contribution is 5.95. The number of aromatic carboxylic acids is 1. The number of amides is 1. The summed E-state index contributed by atoms with van der Waals surface area (Å²) in [6.45, 7) is 2.62. The number of pyridine rings is 1. The lowest BCUT2D eigenvalue weighted by atomic mass is 9.92. The zero-order valence-electron chi connectivity index (χ0n) is 12.9. The Bertz CT molecular complexity index is 766. The summed E-state index contributed by atoms with van der Waals surface area (Å²) < 4.78 is 0. The molecule has 0 aliphatic heterocycles. The summed E-state index contributed by atoms with van der Waals surface area (Å²) in [7, 11) is 0. The van der Waals surface area contributed by atoms with Crippen molar-refractivity contribution >= 4 is 11.9 Å². The molecular weight excluding hydrogens is 292 g/mol. The minimum atomic E-state index is -1.07. The van der Waals surface area contributed by atoms with Gasteiger partial charge in [0.1, 0.15) is 5.69 Å². The van der Waals surface area contributed by atoms with Crippen molar-refractivity contribution < 1.29 is 14.7 Å². The summed E-state index contributed by atoms with van der Waals surface area (Å²) in [6.07, 6.45) is 3.42. The van der Waals surface area contributed by atoms with Crippen molar-refractivity contribution in [3.8, 4) is 0 Å². The molecule has 5 nitrogen and oxygen atoms in total. The fourth-order valence-corrected chi connectivity index (χ4v) is 2.89. The first-order chi connectivity index (χ1) is 11.0. The largest absolute Gasteiger partial charge is 0.478 e. The molecule has 2 aromatic rings. The molecule has 1 aromatic carbocycles. The molecule has 0 spiro atoms. The summed E-state index contributed by atoms with van der Waals surface area (Å²) in [5, 5.41) is 11.9. The molecule has 23 heavy (non-hydrogen) atoms. The lowest BCUT2D eigenvalue weighted by Gasteiger charge is -2.18. The normalized spacial score (nSPS) is 15.0. The third-order valence-electron chi connectivity index (χ3n) is 4.40. The van der Waals surface area contributed by atoms with Crippen molar-refractivity contribution in [1.82, 2.24) is 10.3 Å². The van der Waals surface area contributed by atoms with Crippen molar-refractivity contribution in [2.45, 2.75) is 25.2 Å². The number of carbonyl (C=O) groups excluding carboxylic acids is 1. The first-order valence-corrected chi connectivity index (χ1v) is 7.55. The molecule has 1 heterocycles. The molecule has 3 rings (SSSR count). The quantitative estimate of drug-likeness (QED) is 0.889. The first-order valence-electron chi connectivity index (χ1n) is 7.55. The second-order valence-corrected chi connectivity index (χ2v) is 6.01. The number of carboxylic acids is 1. The van der Waals surface area contributed by atoms with Crippen LogP contribution in [0.25, 0.3) is 0 Å². The van der Waals surface area contributed by atoms with Crippen LogP contribution in [0.15, 0.2) is 42.6 Å². The molecule has 118 valence electrons. The predicted molar refractivity (Wildman–Crippen MR) is 85.6 cm³/mol. The van der Waals surface area contributed by atoms with E-state index in [1.165, 1.54) is 29.5 Å². The van der Waals surface area contributed by atoms with Gasteiger partial charge in [0.25, 0.3) is 5.91 Å². The molecular formula is C18H18N2O3. The Kier molecular flexibility index (Phi) is 3.86. The van der Waals surface area contributed by atoms with Gasteiger partial charge in [-0.25, -0.2) is 4.79 Å². The van der Waals surface area contributed by atoms with Gasteiger partial charge in [0.2, 0.25) is 0 Å². The molecule has 1 saturated carbocycles. The molecule has 0 atom stereocenters. The summed E-state index contributed by atoms with van der Waals surface area (Å²) in [4.78, 5) is 27.2. The Morgan fingerprint density at radius 1 is 1.26 bits per heavy atom. The van der Waals surface area contributed by atoms with Gasteiger partial charge < -0.3 is 10.4 Å². The highest BCUT2D eigenvalue weighted by Gasteiger charge is 2.45. The van der Waals surface area contributed by atoms with Gasteiger partial charge in [-0.05, 0) is 43.0 Å². The average Bonchev–Trinajstić information content (AvgIpc) is 3.34. The van der Waals surface area contributed by atoms with Crippen molar-refractivity contribution in [1.29, 1.82) is 0 Å². The fraction of sp³-hybridized carbons (Fsp3) is 0.278. The SMILES string of the molecule is Cc1ccccc1C1(CNC(=O)c2cc(C(=O)O)ccn2)CC1. The van der Waals surface area contributed by atoms with Crippen LogP contribution in [0, 0.1) is 6.92 Å². The van der Waals surface area contributed by atoms with Gasteiger partial charge in [0.05, 0.1) is 5.56 Å². The van der Waals surface area contributed by atoms with E-state index in [-0.39, 0.29) is 22.6 Å². The van der Waals surface area contributed by atoms with Crippen LogP contribution in [-0.2, 0) is 5.41 Å². The van der Waals surface area contributed by atoms with Crippen LogP contribution in [0.3, 0.4) is 0 Å². The topological polar surface area (TPSA) is 79.3 Å². The molecule has 0 saturated heterocycles. The minimum Gasteiger partial charge on any atom is -0.478 e. The molecule has 0 bridgehead atoms. The third kappa shape index (κ3) is 3.08. The van der Waals surface area contributed by atoms with E-state index in [9.17, 15) is 9.59 Å². The van der Waals surface area contributed by atoms with Gasteiger partial charge in [-0.3, -0.25) is 9.78 Å². The Labute approximate surface area is 134 Å². The minimum absolute atomic E-state index is 0.00537. The molecule has 1 fully saturated rings. The lowest BCUT2D eigenvalue weighted by Crippen LogP contribution is -2.33. The summed E-state index contributed by atoms with van der Waals surface area (Å²) in [5.41, 5.74) is 2.69. The number of carbonyl (C=O) groups is 2. The molecule has 1 aromatic heterocycles. The Balaban J connectivity index is 1.71. The zero-order chi connectivity index (χ0) is 16.4. The van der Waals surface area contributed by atoms with Crippen LogP contribution >= 0.6 is 0 Å². The van der Waals surface area contributed by atoms with Crippen LogP contribution in [0.2, 0.25) is 0 Å². The van der Waals surface area contributed by atoms with Gasteiger partial charge in [-0.1, -0.05) is 24.3 Å². The van der Waals surface area contributed by atoms with Crippen LogP contribution < -0.4 is 5.32 Å². The van der Waals surface area contributed by atoms with Crippen LogP contribution in [0.4, 0.5) is 0 Å². The second-order valence-electron chi connectivity index (χ2n) is 6.01. The third-order valence-corrected chi connectivity index (χ3v) is 4.40. The molecule has 1 aliphatic rings. The van der Waals surface area contributed by atoms with Gasteiger partial charge >= 0.3 is 5.97 Å². The van der Waals surface area contributed by atoms with Crippen molar-refractivity contribution in [2.24, 2.45) is 0 Å². The molecule has 1 amide bonds. The standard InChI is InChI=1S/C18H18N2O3/c1-12-4-2-3-5-14(12)18(7-8-18)11-20-16(21)15-10-13(17(22)23)6-9-19-15/h2-6,9-10H,7-8,11H2,1H3,(H,20,21)(H,22,23). The highest BCUT2D eigenvalue weighted by atomic mass is 16.4. The predicted octanol–water partition coefficient (Wildman–Crippen LogP) is 2.55. The molecule has 5 heteroatoms. The van der Waals surface area contributed by atoms with E-state index in [1.807, 2.05) is 12.1 Å². The van der Waals surface area contributed by atoms with E-state index in [2.05, 4.69) is 29.4 Å². The van der Waals surface area contributed by atoms with E-state index < -0.39 is 5.97 Å². The number of benzene rings is 1. The number of hydrogen-bond acceptors (Lipinski definition) is 3. The Morgan fingerprint density at radius 2 is 2.00 bits per heavy atom. The zero-order valence-corrected chi connectivity index (χ0v) is 12.9. The number of rotatable bonds is 5. The second kappa shape index (κ2) is 5.83.